The van der Waals surface area contributed by atoms with Crippen molar-refractivity contribution in [2.75, 3.05) is 18.4 Å². The average Bonchev–Trinajstić information content (AvgIpc) is 3.17. The van der Waals surface area contributed by atoms with Crippen LogP contribution < -0.4 is 5.32 Å². The van der Waals surface area contributed by atoms with E-state index in [0.717, 1.165) is 46.5 Å². The smallest absolute Gasteiger partial charge is 0.313 e. The summed E-state index contributed by atoms with van der Waals surface area (Å²) in [5.41, 5.74) is 3.81. The summed E-state index contributed by atoms with van der Waals surface area (Å²) in [4.78, 5) is 31.4. The molecule has 0 aliphatic heterocycles. The number of unbranched alkanes of at least 4 members (excludes halogenated alkanes) is 2. The first kappa shape index (κ1) is 22.0. The van der Waals surface area contributed by atoms with Gasteiger partial charge >= 0.3 is 11.8 Å². The van der Waals surface area contributed by atoms with E-state index in [1.807, 2.05) is 30.3 Å². The van der Waals surface area contributed by atoms with Gasteiger partial charge in [-0.3, -0.25) is 9.59 Å². The van der Waals surface area contributed by atoms with Crippen LogP contribution >= 0.6 is 11.3 Å². The molecule has 6 heteroatoms. The number of aromatic nitrogens is 1. The van der Waals surface area contributed by atoms with Gasteiger partial charge in [0.05, 0.1) is 10.2 Å². The van der Waals surface area contributed by atoms with Crippen LogP contribution in [0.25, 0.3) is 20.8 Å². The summed E-state index contributed by atoms with van der Waals surface area (Å²) in [5.74, 6) is -1.03. The summed E-state index contributed by atoms with van der Waals surface area (Å²) in [6.45, 7) is 7.48. The van der Waals surface area contributed by atoms with Gasteiger partial charge < -0.3 is 10.2 Å². The lowest BCUT2D eigenvalue weighted by atomic mass is 10.2. The molecule has 0 aliphatic carbocycles. The molecular weight excluding hydrogens is 394 g/mol. The zero-order valence-corrected chi connectivity index (χ0v) is 18.7. The molecule has 0 spiro atoms. The summed E-state index contributed by atoms with van der Waals surface area (Å²) in [6, 6.07) is 13.7. The summed E-state index contributed by atoms with van der Waals surface area (Å²) in [5, 5.41) is 3.68. The quantitative estimate of drug-likeness (QED) is 0.477. The number of hydrogen-bond donors (Lipinski definition) is 1. The predicted molar refractivity (Wildman–Crippen MR) is 125 cm³/mol. The fourth-order valence-electron chi connectivity index (χ4n) is 3.19. The molecule has 0 saturated heterocycles. The Morgan fingerprint density at radius 3 is 2.30 bits per heavy atom. The second-order valence-corrected chi connectivity index (χ2v) is 8.55. The number of benzene rings is 2. The molecular formula is C24H29N3O2S. The van der Waals surface area contributed by atoms with Gasteiger partial charge in [0.1, 0.15) is 5.01 Å². The van der Waals surface area contributed by atoms with E-state index in [9.17, 15) is 9.59 Å². The molecule has 0 atom stereocenters. The third kappa shape index (κ3) is 5.45. The Bertz CT molecular complexity index is 1000. The zero-order chi connectivity index (χ0) is 21.5. The van der Waals surface area contributed by atoms with E-state index >= 15 is 0 Å². The van der Waals surface area contributed by atoms with E-state index in [-0.39, 0.29) is 0 Å². The highest BCUT2D eigenvalue weighted by atomic mass is 32.1. The lowest BCUT2D eigenvalue weighted by Gasteiger charge is -2.21. The van der Waals surface area contributed by atoms with Crippen LogP contribution in [0.5, 0.6) is 0 Å². The van der Waals surface area contributed by atoms with E-state index in [2.05, 4.69) is 38.2 Å². The van der Waals surface area contributed by atoms with Gasteiger partial charge in [-0.2, -0.15) is 0 Å². The van der Waals surface area contributed by atoms with Gasteiger partial charge in [0.15, 0.2) is 0 Å². The van der Waals surface area contributed by atoms with Crippen molar-refractivity contribution in [3.63, 3.8) is 0 Å². The van der Waals surface area contributed by atoms with Gasteiger partial charge in [0.2, 0.25) is 0 Å². The van der Waals surface area contributed by atoms with Gasteiger partial charge in [-0.1, -0.05) is 32.8 Å². The van der Waals surface area contributed by atoms with Gasteiger partial charge in [-0.15, -0.1) is 11.3 Å². The summed E-state index contributed by atoms with van der Waals surface area (Å²) in [7, 11) is 0. The minimum Gasteiger partial charge on any atom is -0.334 e. The lowest BCUT2D eigenvalue weighted by molar-refractivity contribution is -0.143. The maximum absolute atomic E-state index is 12.6. The molecule has 3 rings (SSSR count). The maximum Gasteiger partial charge on any atom is 0.313 e. The second-order valence-electron chi connectivity index (χ2n) is 7.52. The van der Waals surface area contributed by atoms with Crippen LogP contribution in [0.3, 0.4) is 0 Å². The van der Waals surface area contributed by atoms with Crippen molar-refractivity contribution in [1.82, 2.24) is 9.88 Å². The van der Waals surface area contributed by atoms with Gasteiger partial charge in [-0.25, -0.2) is 4.98 Å². The number of nitrogens with zero attached hydrogens (tertiary/aromatic N) is 2. The number of aryl methyl sites for hydroxylation is 1. The highest BCUT2D eigenvalue weighted by molar-refractivity contribution is 7.21. The molecule has 0 bridgehead atoms. The third-order valence-corrected chi connectivity index (χ3v) is 6.05. The predicted octanol–water partition coefficient (Wildman–Crippen LogP) is 5.64. The molecule has 0 aliphatic rings. The molecule has 1 N–H and O–H groups in total. The van der Waals surface area contributed by atoms with Crippen molar-refractivity contribution in [2.24, 2.45) is 0 Å². The molecule has 2 aromatic carbocycles. The summed E-state index contributed by atoms with van der Waals surface area (Å²) < 4.78 is 1.16. The Labute approximate surface area is 182 Å². The van der Waals surface area contributed by atoms with Crippen LogP contribution in [0.2, 0.25) is 0 Å². The van der Waals surface area contributed by atoms with Crippen LogP contribution in [0.15, 0.2) is 42.5 Å². The van der Waals surface area contributed by atoms with E-state index in [0.29, 0.717) is 18.8 Å². The number of amides is 2. The topological polar surface area (TPSA) is 62.3 Å². The van der Waals surface area contributed by atoms with Crippen LogP contribution in [-0.4, -0.2) is 34.8 Å². The molecule has 0 unspecified atom stereocenters. The van der Waals surface area contributed by atoms with Crippen LogP contribution in [-0.2, 0) is 9.59 Å². The molecule has 0 saturated carbocycles. The van der Waals surface area contributed by atoms with Crippen molar-refractivity contribution in [1.29, 1.82) is 0 Å². The van der Waals surface area contributed by atoms with Crippen LogP contribution in [0, 0.1) is 6.92 Å². The number of fused-ring (bicyclic) bond motifs is 1. The van der Waals surface area contributed by atoms with Crippen molar-refractivity contribution < 1.29 is 9.59 Å². The van der Waals surface area contributed by atoms with Crippen molar-refractivity contribution in [2.45, 2.75) is 46.5 Å². The minimum atomic E-state index is -0.578. The number of carbonyl (C=O) groups excluding carboxylic acids is 2. The zero-order valence-electron chi connectivity index (χ0n) is 17.9. The fourth-order valence-corrected chi connectivity index (χ4v) is 4.26. The Hall–Kier alpha value is -2.73. The Morgan fingerprint density at radius 1 is 1.00 bits per heavy atom. The fraction of sp³-hybridized carbons (Fsp3) is 0.375. The number of anilines is 1. The second kappa shape index (κ2) is 10.3. The van der Waals surface area contributed by atoms with E-state index in [1.165, 1.54) is 5.56 Å². The normalized spacial score (nSPS) is 10.9. The molecule has 5 nitrogen and oxygen atoms in total. The van der Waals surface area contributed by atoms with Crippen molar-refractivity contribution in [3.05, 3.63) is 48.0 Å². The van der Waals surface area contributed by atoms with Gasteiger partial charge in [0.25, 0.3) is 0 Å². The molecule has 158 valence electrons. The molecule has 1 aromatic heterocycles. The number of nitrogens with one attached hydrogen (secondary N) is 1. The Balaban J connectivity index is 1.67. The minimum absolute atomic E-state index is 0.456. The Kier molecular flexibility index (Phi) is 7.57. The third-order valence-electron chi connectivity index (χ3n) is 4.98. The lowest BCUT2D eigenvalue weighted by Crippen LogP contribution is -2.40. The number of rotatable bonds is 8. The monoisotopic (exact) mass is 423 g/mol. The van der Waals surface area contributed by atoms with Gasteiger partial charge in [0, 0.05) is 24.3 Å². The van der Waals surface area contributed by atoms with Crippen molar-refractivity contribution >= 4 is 39.1 Å². The molecule has 3 aromatic rings. The van der Waals surface area contributed by atoms with Crippen LogP contribution in [0.1, 0.15) is 45.1 Å². The first-order chi connectivity index (χ1) is 14.5. The molecule has 2 amide bonds. The van der Waals surface area contributed by atoms with E-state index < -0.39 is 11.8 Å². The maximum atomic E-state index is 12.6. The summed E-state index contributed by atoms with van der Waals surface area (Å²) >= 11 is 1.65. The highest BCUT2D eigenvalue weighted by Gasteiger charge is 2.21. The SMILES string of the molecule is CCCCN(CCCC)C(=O)C(=O)Nc1ccc(-c2nc3ccc(C)cc3s2)cc1. The standard InChI is InChI=1S/C24H29N3O2S/c1-4-6-14-27(15-7-5-2)24(29)22(28)25-19-11-9-18(10-12-19)23-26-20-13-8-17(3)16-21(20)30-23/h8-13,16H,4-7,14-15H2,1-3H3,(H,25,28). The average molecular weight is 424 g/mol. The number of thiazole rings is 1. The largest absolute Gasteiger partial charge is 0.334 e. The highest BCUT2D eigenvalue weighted by Crippen LogP contribution is 2.31. The van der Waals surface area contributed by atoms with Crippen molar-refractivity contribution in [3.8, 4) is 10.6 Å². The van der Waals surface area contributed by atoms with E-state index in [4.69, 9.17) is 4.98 Å². The molecule has 1 heterocycles. The first-order valence-electron chi connectivity index (χ1n) is 10.6. The first-order valence-corrected chi connectivity index (χ1v) is 11.4. The summed E-state index contributed by atoms with van der Waals surface area (Å²) in [6.07, 6.45) is 3.78. The number of carbonyl (C=O) groups is 2. The molecule has 30 heavy (non-hydrogen) atoms. The Morgan fingerprint density at radius 2 is 1.67 bits per heavy atom. The van der Waals surface area contributed by atoms with Gasteiger partial charge in [-0.05, 0) is 61.7 Å². The van der Waals surface area contributed by atoms with Crippen LogP contribution in [0.4, 0.5) is 5.69 Å². The molecule has 0 radical (unpaired) electrons. The molecule has 0 fully saturated rings. The van der Waals surface area contributed by atoms with E-state index in [1.54, 1.807) is 16.2 Å². The number of hydrogen-bond acceptors (Lipinski definition) is 4.